The fourth-order valence-electron chi connectivity index (χ4n) is 3.23. The SMILES string of the molecule is CC1(NC(=O)OC2CC(c3cnc(Nc4c(F)cc(S(N)(=O)=O)cc4F)nc3)C2)CC1. The van der Waals surface area contributed by atoms with Gasteiger partial charge in [0.2, 0.25) is 16.0 Å². The van der Waals surface area contributed by atoms with Crippen LogP contribution in [-0.2, 0) is 14.8 Å². The van der Waals surface area contributed by atoms with Crippen molar-refractivity contribution >= 4 is 27.8 Å². The summed E-state index contributed by atoms with van der Waals surface area (Å²) in [6.07, 6.45) is 5.65. The Morgan fingerprint density at radius 1 is 1.19 bits per heavy atom. The minimum Gasteiger partial charge on any atom is -0.446 e. The molecule has 0 saturated heterocycles. The zero-order valence-corrected chi connectivity index (χ0v) is 17.4. The number of anilines is 2. The van der Waals surface area contributed by atoms with Crippen molar-refractivity contribution in [3.05, 3.63) is 41.7 Å². The van der Waals surface area contributed by atoms with E-state index < -0.39 is 38.3 Å². The third kappa shape index (κ3) is 4.90. The van der Waals surface area contributed by atoms with Crippen molar-refractivity contribution in [1.29, 1.82) is 0 Å². The number of ether oxygens (including phenoxy) is 1. The molecule has 31 heavy (non-hydrogen) atoms. The van der Waals surface area contributed by atoms with Gasteiger partial charge in [-0.1, -0.05) is 0 Å². The number of amides is 1. The van der Waals surface area contributed by atoms with Crippen molar-refractivity contribution in [3.8, 4) is 0 Å². The number of hydrogen-bond donors (Lipinski definition) is 3. The van der Waals surface area contributed by atoms with E-state index in [0.29, 0.717) is 25.0 Å². The second-order valence-electron chi connectivity index (χ2n) is 8.15. The number of nitrogens with zero attached hydrogens (tertiary/aromatic N) is 2. The largest absolute Gasteiger partial charge is 0.446 e. The van der Waals surface area contributed by atoms with Crippen molar-refractivity contribution in [2.45, 2.75) is 55.1 Å². The van der Waals surface area contributed by atoms with E-state index in [4.69, 9.17) is 9.88 Å². The maximum Gasteiger partial charge on any atom is 0.407 e. The molecule has 1 aromatic carbocycles. The number of carbonyl (C=O) groups is 1. The van der Waals surface area contributed by atoms with Crippen LogP contribution in [0, 0.1) is 11.6 Å². The van der Waals surface area contributed by atoms with Gasteiger partial charge in [-0.25, -0.2) is 37.1 Å². The Bertz CT molecular complexity index is 1090. The van der Waals surface area contributed by atoms with E-state index in [-0.39, 0.29) is 23.5 Å². The van der Waals surface area contributed by atoms with Gasteiger partial charge in [0, 0.05) is 17.9 Å². The van der Waals surface area contributed by atoms with Crippen LogP contribution >= 0.6 is 0 Å². The van der Waals surface area contributed by atoms with Crippen LogP contribution in [0.25, 0.3) is 0 Å². The van der Waals surface area contributed by atoms with E-state index in [1.807, 2.05) is 6.92 Å². The van der Waals surface area contributed by atoms with E-state index >= 15 is 0 Å². The lowest BCUT2D eigenvalue weighted by atomic mass is 9.78. The molecule has 0 aliphatic heterocycles. The topological polar surface area (TPSA) is 136 Å². The van der Waals surface area contributed by atoms with E-state index in [1.54, 1.807) is 0 Å². The Morgan fingerprint density at radius 3 is 2.29 bits per heavy atom. The van der Waals surface area contributed by atoms with Gasteiger partial charge >= 0.3 is 6.09 Å². The van der Waals surface area contributed by atoms with Gasteiger partial charge in [0.05, 0.1) is 4.90 Å². The molecule has 166 valence electrons. The number of nitrogens with two attached hydrogens (primary N) is 1. The number of halogens is 2. The normalized spacial score (nSPS) is 21.7. The molecule has 9 nitrogen and oxygen atoms in total. The molecular weight excluding hydrogens is 432 g/mol. The van der Waals surface area contributed by atoms with Crippen molar-refractivity contribution in [2.75, 3.05) is 5.32 Å². The Hall–Kier alpha value is -2.86. The number of benzene rings is 1. The summed E-state index contributed by atoms with van der Waals surface area (Å²) in [5.74, 6) is -2.23. The average molecular weight is 453 g/mol. The van der Waals surface area contributed by atoms with Crippen molar-refractivity contribution < 1.29 is 26.7 Å². The van der Waals surface area contributed by atoms with Crippen LogP contribution in [0.3, 0.4) is 0 Å². The average Bonchev–Trinajstić information content (AvgIpc) is 3.37. The first-order valence-corrected chi connectivity index (χ1v) is 11.2. The van der Waals surface area contributed by atoms with Crippen molar-refractivity contribution in [1.82, 2.24) is 15.3 Å². The van der Waals surface area contributed by atoms with Crippen molar-refractivity contribution in [2.24, 2.45) is 5.14 Å². The molecular formula is C19H21F2N5O4S. The standard InChI is InChI=1S/C19H21F2N5O4S/c1-19(2-3-19)26-18(27)30-12-4-10(5-12)11-8-23-17(24-9-11)25-16-14(20)6-13(7-15(16)21)31(22,28)29/h6-10,12H,2-5H2,1H3,(H,26,27)(H2,22,28,29)(H,23,24,25). The molecule has 0 radical (unpaired) electrons. The number of nitrogens with one attached hydrogen (secondary N) is 2. The molecule has 2 aliphatic carbocycles. The van der Waals surface area contributed by atoms with Gasteiger partial charge in [0.15, 0.2) is 11.6 Å². The fraction of sp³-hybridized carbons (Fsp3) is 0.421. The Kier molecular flexibility index (Phi) is 5.30. The van der Waals surface area contributed by atoms with Gasteiger partial charge in [-0.15, -0.1) is 0 Å². The predicted octanol–water partition coefficient (Wildman–Crippen LogP) is 2.67. The summed E-state index contributed by atoms with van der Waals surface area (Å²) in [5.41, 5.74) is 0.0903. The highest BCUT2D eigenvalue weighted by Gasteiger charge is 2.41. The van der Waals surface area contributed by atoms with Gasteiger partial charge in [-0.2, -0.15) is 0 Å². The molecule has 1 aromatic heterocycles. The van der Waals surface area contributed by atoms with Crippen LogP contribution in [0.4, 0.5) is 25.2 Å². The molecule has 4 rings (SSSR count). The molecule has 1 amide bonds. The number of aromatic nitrogens is 2. The summed E-state index contributed by atoms with van der Waals surface area (Å²) in [6.45, 7) is 1.97. The molecule has 12 heteroatoms. The lowest BCUT2D eigenvalue weighted by molar-refractivity contribution is 0.0373. The molecule has 2 fully saturated rings. The summed E-state index contributed by atoms with van der Waals surface area (Å²) >= 11 is 0. The highest BCUT2D eigenvalue weighted by atomic mass is 32.2. The van der Waals surface area contributed by atoms with Crippen LogP contribution in [0.5, 0.6) is 0 Å². The smallest absolute Gasteiger partial charge is 0.407 e. The Morgan fingerprint density at radius 2 is 1.77 bits per heavy atom. The summed E-state index contributed by atoms with van der Waals surface area (Å²) in [4.78, 5) is 19.3. The molecule has 0 spiro atoms. The zero-order chi connectivity index (χ0) is 22.4. The lowest BCUT2D eigenvalue weighted by Gasteiger charge is -2.34. The van der Waals surface area contributed by atoms with Crippen LogP contribution in [0.1, 0.15) is 44.1 Å². The maximum atomic E-state index is 14.1. The van der Waals surface area contributed by atoms with Gasteiger partial charge in [-0.3, -0.25) is 0 Å². The van der Waals surface area contributed by atoms with E-state index in [0.717, 1.165) is 18.4 Å². The van der Waals surface area contributed by atoms with E-state index in [1.165, 1.54) is 12.4 Å². The molecule has 1 heterocycles. The van der Waals surface area contributed by atoms with Gasteiger partial charge < -0.3 is 15.4 Å². The number of rotatable bonds is 6. The van der Waals surface area contributed by atoms with Crippen LogP contribution in [-0.4, -0.2) is 36.1 Å². The quantitative estimate of drug-likeness (QED) is 0.612. The molecule has 0 bridgehead atoms. The first kappa shape index (κ1) is 21.4. The predicted molar refractivity (Wildman–Crippen MR) is 106 cm³/mol. The van der Waals surface area contributed by atoms with Crippen LogP contribution < -0.4 is 15.8 Å². The second-order valence-corrected chi connectivity index (χ2v) is 9.71. The first-order valence-electron chi connectivity index (χ1n) is 9.62. The maximum absolute atomic E-state index is 14.1. The first-order chi connectivity index (χ1) is 14.5. The van der Waals surface area contributed by atoms with E-state index in [2.05, 4.69) is 20.6 Å². The van der Waals surface area contributed by atoms with Crippen molar-refractivity contribution in [3.63, 3.8) is 0 Å². The summed E-state index contributed by atoms with van der Waals surface area (Å²) in [7, 11) is -4.24. The van der Waals surface area contributed by atoms with Crippen LogP contribution in [0.15, 0.2) is 29.4 Å². The minimum atomic E-state index is -4.24. The Labute approximate surface area is 177 Å². The van der Waals surface area contributed by atoms with Gasteiger partial charge in [-0.05, 0) is 56.2 Å². The summed E-state index contributed by atoms with van der Waals surface area (Å²) in [5, 5.41) is 10.1. The van der Waals surface area contributed by atoms with Crippen LogP contribution in [0.2, 0.25) is 0 Å². The minimum absolute atomic E-state index is 0.0610. The van der Waals surface area contributed by atoms with Gasteiger partial charge in [0.1, 0.15) is 11.8 Å². The molecule has 2 aliphatic rings. The summed E-state index contributed by atoms with van der Waals surface area (Å²) < 4.78 is 56.1. The highest BCUT2D eigenvalue weighted by molar-refractivity contribution is 7.89. The number of sulfonamides is 1. The Balaban J connectivity index is 1.34. The molecule has 0 atom stereocenters. The second kappa shape index (κ2) is 7.68. The molecule has 0 unspecified atom stereocenters. The number of hydrogen-bond acceptors (Lipinski definition) is 7. The monoisotopic (exact) mass is 453 g/mol. The number of primary sulfonamides is 1. The van der Waals surface area contributed by atoms with E-state index in [9.17, 15) is 22.0 Å². The summed E-state index contributed by atoms with van der Waals surface area (Å²) in [6, 6.07) is 1.23. The van der Waals surface area contributed by atoms with Gasteiger partial charge in [0.25, 0.3) is 0 Å². The fourth-order valence-corrected chi connectivity index (χ4v) is 3.77. The molecule has 2 aromatic rings. The zero-order valence-electron chi connectivity index (χ0n) is 16.6. The number of carbonyl (C=O) groups excluding carboxylic acids is 1. The number of alkyl carbamates (subject to hydrolysis) is 1. The third-order valence-corrected chi connectivity index (χ3v) is 6.39. The molecule has 4 N–H and O–H groups in total. The lowest BCUT2D eigenvalue weighted by Crippen LogP contribution is -2.40. The third-order valence-electron chi connectivity index (χ3n) is 5.50. The highest BCUT2D eigenvalue weighted by Crippen LogP contribution is 2.39. The molecule has 2 saturated carbocycles.